The largest absolute Gasteiger partial charge is 0.479 e. The molecule has 1 aliphatic rings. The highest BCUT2D eigenvalue weighted by Gasteiger charge is 2.45. The normalized spacial score (nSPS) is 18.3. The van der Waals surface area contributed by atoms with Crippen LogP contribution in [-0.2, 0) is 25.5 Å². The van der Waals surface area contributed by atoms with Crippen molar-refractivity contribution in [2.75, 3.05) is 11.9 Å². The van der Waals surface area contributed by atoms with Crippen LogP contribution in [0.25, 0.3) is 0 Å². The molecular formula is C19H27N3O6. The average molecular weight is 393 g/mol. The number of esters is 1. The summed E-state index contributed by atoms with van der Waals surface area (Å²) in [4.78, 5) is 36.2. The van der Waals surface area contributed by atoms with Crippen molar-refractivity contribution in [2.45, 2.75) is 57.3 Å². The quantitative estimate of drug-likeness (QED) is 0.392. The lowest BCUT2D eigenvalue weighted by Gasteiger charge is -2.29. The third kappa shape index (κ3) is 4.99. The molecular weight excluding hydrogens is 366 g/mol. The number of aliphatic carboxylic acids is 1. The minimum absolute atomic E-state index is 0.303. The molecule has 9 heteroatoms. The Morgan fingerprint density at radius 2 is 2.00 bits per heavy atom. The summed E-state index contributed by atoms with van der Waals surface area (Å²) < 4.78 is 10.9. The molecule has 1 unspecified atom stereocenters. The lowest BCUT2D eigenvalue weighted by atomic mass is 9.91. The minimum Gasteiger partial charge on any atom is -0.479 e. The topological polar surface area (TPSA) is 154 Å². The second kappa shape index (κ2) is 8.15. The first-order valence-corrected chi connectivity index (χ1v) is 9.02. The number of hydrogen-bond acceptors (Lipinski definition) is 7. The monoisotopic (exact) mass is 393 g/mol. The van der Waals surface area contributed by atoms with Crippen molar-refractivity contribution in [3.63, 3.8) is 0 Å². The van der Waals surface area contributed by atoms with Crippen LogP contribution < -0.4 is 21.5 Å². The van der Waals surface area contributed by atoms with Gasteiger partial charge in [0.05, 0.1) is 5.69 Å². The maximum Gasteiger partial charge on any atom is 0.338 e. The Labute approximate surface area is 163 Å². The SMILES string of the molecule is CC(C)(C)OC(=O)C(N)(Cc1ccc2c(c1)NC(=O)[C@@H](CCCN)O2)C(=O)O. The molecule has 2 atom stereocenters. The predicted octanol–water partition coefficient (Wildman–Crippen LogP) is 0.791. The van der Waals surface area contributed by atoms with E-state index in [2.05, 4.69) is 5.32 Å². The Morgan fingerprint density at radius 3 is 2.57 bits per heavy atom. The Morgan fingerprint density at radius 1 is 1.32 bits per heavy atom. The number of benzene rings is 1. The number of carbonyl (C=O) groups excluding carboxylic acids is 2. The van der Waals surface area contributed by atoms with Crippen LogP contribution >= 0.6 is 0 Å². The van der Waals surface area contributed by atoms with Crippen LogP contribution in [0.3, 0.4) is 0 Å². The number of amides is 1. The summed E-state index contributed by atoms with van der Waals surface area (Å²) in [6.07, 6.45) is 0.205. The number of carboxylic acids is 1. The highest BCUT2D eigenvalue weighted by Crippen LogP contribution is 2.32. The fourth-order valence-corrected chi connectivity index (χ4v) is 2.73. The molecule has 0 aromatic heterocycles. The van der Waals surface area contributed by atoms with Crippen LogP contribution in [0.5, 0.6) is 5.75 Å². The van der Waals surface area contributed by atoms with Gasteiger partial charge in [0, 0.05) is 6.42 Å². The van der Waals surface area contributed by atoms with Gasteiger partial charge in [-0.15, -0.1) is 0 Å². The van der Waals surface area contributed by atoms with Gasteiger partial charge in [0.1, 0.15) is 11.4 Å². The number of nitrogens with one attached hydrogen (secondary N) is 1. The Kier molecular flexibility index (Phi) is 6.30. The average Bonchev–Trinajstić information content (AvgIpc) is 2.58. The van der Waals surface area contributed by atoms with Gasteiger partial charge in [-0.1, -0.05) is 6.07 Å². The van der Waals surface area contributed by atoms with Crippen LogP contribution in [0.1, 0.15) is 39.2 Å². The van der Waals surface area contributed by atoms with Gasteiger partial charge in [-0.05, 0) is 57.9 Å². The molecule has 1 amide bonds. The third-order valence-corrected chi connectivity index (χ3v) is 4.16. The van der Waals surface area contributed by atoms with Gasteiger partial charge in [0.2, 0.25) is 5.54 Å². The summed E-state index contributed by atoms with van der Waals surface area (Å²) in [5.41, 5.74) is 9.06. The highest BCUT2D eigenvalue weighted by atomic mass is 16.6. The zero-order valence-corrected chi connectivity index (χ0v) is 16.3. The molecule has 0 saturated carbocycles. The molecule has 1 aromatic rings. The lowest BCUT2D eigenvalue weighted by molar-refractivity contribution is -0.169. The number of carboxylic acid groups (broad SMARTS) is 1. The number of fused-ring (bicyclic) bond motifs is 1. The van der Waals surface area contributed by atoms with Crippen molar-refractivity contribution < 1.29 is 29.0 Å². The molecule has 154 valence electrons. The third-order valence-electron chi connectivity index (χ3n) is 4.16. The second-order valence-corrected chi connectivity index (χ2v) is 7.81. The first-order chi connectivity index (χ1) is 13.0. The van der Waals surface area contributed by atoms with Crippen molar-refractivity contribution in [2.24, 2.45) is 11.5 Å². The van der Waals surface area contributed by atoms with E-state index in [1.807, 2.05) is 0 Å². The number of ether oxygens (including phenoxy) is 2. The summed E-state index contributed by atoms with van der Waals surface area (Å²) >= 11 is 0. The van der Waals surface area contributed by atoms with Crippen molar-refractivity contribution in [3.8, 4) is 5.75 Å². The molecule has 28 heavy (non-hydrogen) atoms. The van der Waals surface area contributed by atoms with Crippen LogP contribution in [0, 0.1) is 0 Å². The number of nitrogens with two attached hydrogens (primary N) is 2. The smallest absolute Gasteiger partial charge is 0.338 e. The van der Waals surface area contributed by atoms with Crippen molar-refractivity contribution >= 4 is 23.5 Å². The molecule has 9 nitrogen and oxygen atoms in total. The lowest BCUT2D eigenvalue weighted by Crippen LogP contribution is -2.58. The van der Waals surface area contributed by atoms with Gasteiger partial charge in [0.15, 0.2) is 6.10 Å². The van der Waals surface area contributed by atoms with E-state index < -0.39 is 29.2 Å². The molecule has 1 aliphatic heterocycles. The van der Waals surface area contributed by atoms with Crippen LogP contribution in [-0.4, -0.2) is 46.7 Å². The van der Waals surface area contributed by atoms with Crippen molar-refractivity contribution in [1.82, 2.24) is 0 Å². The van der Waals surface area contributed by atoms with Gasteiger partial charge < -0.3 is 31.4 Å². The molecule has 0 radical (unpaired) electrons. The van der Waals surface area contributed by atoms with Gasteiger partial charge in [-0.25, -0.2) is 9.59 Å². The standard InChI is InChI=1S/C19H27N3O6/c1-18(2,3)28-17(26)19(21,16(24)25)10-11-6-7-13-12(9-11)22-15(23)14(27-13)5-4-8-20/h6-7,9,14H,4-5,8,10,20-21H2,1-3H3,(H,22,23)(H,24,25)/t14-,19?/m1/s1. The summed E-state index contributed by atoms with van der Waals surface area (Å²) in [6, 6.07) is 4.75. The maximum absolute atomic E-state index is 12.4. The van der Waals surface area contributed by atoms with Gasteiger partial charge in [-0.3, -0.25) is 4.79 Å². The summed E-state index contributed by atoms with van der Waals surface area (Å²) in [5, 5.41) is 12.3. The van der Waals surface area contributed by atoms with Crippen LogP contribution in [0.15, 0.2) is 18.2 Å². The molecule has 0 bridgehead atoms. The predicted molar refractivity (Wildman–Crippen MR) is 102 cm³/mol. The molecule has 0 spiro atoms. The van der Waals surface area contributed by atoms with Crippen LogP contribution in [0.4, 0.5) is 5.69 Å². The molecule has 6 N–H and O–H groups in total. The fraction of sp³-hybridized carbons (Fsp3) is 0.526. The van der Waals surface area contributed by atoms with Crippen molar-refractivity contribution in [1.29, 1.82) is 0 Å². The van der Waals surface area contributed by atoms with Crippen molar-refractivity contribution in [3.05, 3.63) is 23.8 Å². The highest BCUT2D eigenvalue weighted by molar-refractivity contribution is 6.04. The molecule has 1 aromatic carbocycles. The van der Waals surface area contributed by atoms with Gasteiger partial charge >= 0.3 is 11.9 Å². The Hall–Kier alpha value is -2.65. The van der Waals surface area contributed by atoms with E-state index in [4.69, 9.17) is 20.9 Å². The summed E-state index contributed by atoms with van der Waals surface area (Å²) in [5.74, 6) is -2.38. The number of rotatable bonds is 7. The zero-order chi connectivity index (χ0) is 21.1. The number of hydrogen-bond donors (Lipinski definition) is 4. The van der Waals surface area contributed by atoms with E-state index in [0.29, 0.717) is 36.4 Å². The van der Waals surface area contributed by atoms with E-state index in [1.165, 1.54) is 0 Å². The van der Waals surface area contributed by atoms with Gasteiger partial charge in [0.25, 0.3) is 5.91 Å². The van der Waals surface area contributed by atoms with E-state index in [9.17, 15) is 19.5 Å². The first kappa shape index (κ1) is 21.6. The fourth-order valence-electron chi connectivity index (χ4n) is 2.73. The first-order valence-electron chi connectivity index (χ1n) is 9.02. The number of carbonyl (C=O) groups is 3. The molecule has 2 rings (SSSR count). The van der Waals surface area contributed by atoms with E-state index >= 15 is 0 Å². The minimum atomic E-state index is -2.26. The van der Waals surface area contributed by atoms with E-state index in [1.54, 1.807) is 39.0 Å². The molecule has 1 heterocycles. The molecule has 0 saturated heterocycles. The van der Waals surface area contributed by atoms with E-state index in [-0.39, 0.29) is 12.3 Å². The Bertz CT molecular complexity index is 773. The Balaban J connectivity index is 2.22. The summed E-state index contributed by atoms with van der Waals surface area (Å²) in [7, 11) is 0. The van der Waals surface area contributed by atoms with Gasteiger partial charge in [-0.2, -0.15) is 0 Å². The maximum atomic E-state index is 12.4. The molecule has 0 fully saturated rings. The summed E-state index contributed by atoms with van der Waals surface area (Å²) in [6.45, 7) is 5.33. The van der Waals surface area contributed by atoms with E-state index in [0.717, 1.165) is 0 Å². The number of anilines is 1. The zero-order valence-electron chi connectivity index (χ0n) is 16.3. The van der Waals surface area contributed by atoms with Crippen LogP contribution in [0.2, 0.25) is 0 Å². The molecule has 0 aliphatic carbocycles. The second-order valence-electron chi connectivity index (χ2n) is 7.81.